The molecule has 1 aliphatic rings. The smallest absolute Gasteiger partial charge is 0.407 e. The molecule has 1 aromatic carbocycles. The Morgan fingerprint density at radius 1 is 1.17 bits per heavy atom. The molecule has 0 radical (unpaired) electrons. The summed E-state index contributed by atoms with van der Waals surface area (Å²) >= 11 is 0. The number of carbonyl (C=O) groups is 2. The lowest BCUT2D eigenvalue weighted by Crippen LogP contribution is -2.47. The summed E-state index contributed by atoms with van der Waals surface area (Å²) < 4.78 is 15.7. The van der Waals surface area contributed by atoms with Gasteiger partial charge in [-0.2, -0.15) is 0 Å². The van der Waals surface area contributed by atoms with Crippen molar-refractivity contribution in [1.82, 2.24) is 10.2 Å². The molecule has 0 atom stereocenters. The summed E-state index contributed by atoms with van der Waals surface area (Å²) in [6, 6.07) is 7.34. The van der Waals surface area contributed by atoms with Crippen LogP contribution in [0.5, 0.6) is 11.5 Å². The molecule has 0 saturated carbocycles. The Morgan fingerprint density at radius 3 is 2.38 bits per heavy atom. The van der Waals surface area contributed by atoms with Gasteiger partial charge >= 0.3 is 6.09 Å². The Balaban J connectivity index is 1.79. The van der Waals surface area contributed by atoms with Gasteiger partial charge in [0.05, 0.1) is 13.7 Å². The minimum absolute atomic E-state index is 0.0286. The fraction of sp³-hybridized carbons (Fsp3) is 0.529. The van der Waals surface area contributed by atoms with Gasteiger partial charge in [0.25, 0.3) is 5.91 Å². The van der Waals surface area contributed by atoms with Gasteiger partial charge in [-0.1, -0.05) is 12.1 Å². The van der Waals surface area contributed by atoms with Crippen LogP contribution in [0.25, 0.3) is 0 Å². The van der Waals surface area contributed by atoms with Gasteiger partial charge in [-0.25, -0.2) is 4.79 Å². The van der Waals surface area contributed by atoms with Gasteiger partial charge in [-0.3, -0.25) is 4.79 Å². The first kappa shape index (κ1) is 17.9. The normalized spacial score (nSPS) is 14.8. The van der Waals surface area contributed by atoms with Crippen molar-refractivity contribution in [3.63, 3.8) is 0 Å². The summed E-state index contributed by atoms with van der Waals surface area (Å²) in [5.74, 6) is 1.13. The lowest BCUT2D eigenvalue weighted by atomic mass is 10.1. The quantitative estimate of drug-likeness (QED) is 0.857. The fourth-order valence-corrected chi connectivity index (χ4v) is 2.57. The molecule has 0 aromatic heterocycles. The molecule has 0 unspecified atom stereocenters. The van der Waals surface area contributed by atoms with Crippen LogP contribution in [0.3, 0.4) is 0 Å². The average Bonchev–Trinajstić information content (AvgIpc) is 2.61. The Bertz CT molecular complexity index is 556. The predicted molar refractivity (Wildman–Crippen MR) is 88.2 cm³/mol. The summed E-state index contributed by atoms with van der Waals surface area (Å²) in [6.07, 6.45) is 0.975. The van der Waals surface area contributed by atoms with E-state index in [9.17, 15) is 9.59 Å². The van der Waals surface area contributed by atoms with Crippen molar-refractivity contribution in [2.75, 3.05) is 33.4 Å². The van der Waals surface area contributed by atoms with Crippen molar-refractivity contribution in [1.29, 1.82) is 0 Å². The van der Waals surface area contributed by atoms with Gasteiger partial charge in [0, 0.05) is 19.1 Å². The molecule has 7 heteroatoms. The van der Waals surface area contributed by atoms with Crippen molar-refractivity contribution in [2.45, 2.75) is 25.8 Å². The number of methoxy groups -OCH3 is 1. The number of piperidine rings is 1. The van der Waals surface area contributed by atoms with E-state index < -0.39 is 6.09 Å². The van der Waals surface area contributed by atoms with E-state index in [0.29, 0.717) is 44.0 Å². The number of alkyl carbamates (subject to hydrolysis) is 1. The maximum atomic E-state index is 12.3. The largest absolute Gasteiger partial charge is 0.490 e. The lowest BCUT2D eigenvalue weighted by Gasteiger charge is -2.32. The topological polar surface area (TPSA) is 77.1 Å². The van der Waals surface area contributed by atoms with Crippen molar-refractivity contribution in [3.8, 4) is 11.5 Å². The van der Waals surface area contributed by atoms with E-state index in [0.717, 1.165) is 0 Å². The Morgan fingerprint density at radius 2 is 1.79 bits per heavy atom. The summed E-state index contributed by atoms with van der Waals surface area (Å²) in [6.45, 7) is 3.58. The van der Waals surface area contributed by atoms with E-state index in [1.807, 2.05) is 25.1 Å². The number of nitrogens with zero attached hydrogens (tertiary/aromatic N) is 1. The second-order valence-electron chi connectivity index (χ2n) is 5.46. The summed E-state index contributed by atoms with van der Waals surface area (Å²) in [7, 11) is 1.34. The predicted octanol–water partition coefficient (Wildman–Crippen LogP) is 1.81. The van der Waals surface area contributed by atoms with Crippen LogP contribution in [0.15, 0.2) is 24.3 Å². The first-order chi connectivity index (χ1) is 11.6. The van der Waals surface area contributed by atoms with Crippen LogP contribution in [-0.2, 0) is 9.53 Å². The Hall–Kier alpha value is -2.44. The zero-order valence-corrected chi connectivity index (χ0v) is 14.1. The Kier molecular flexibility index (Phi) is 6.72. The highest BCUT2D eigenvalue weighted by Crippen LogP contribution is 2.26. The van der Waals surface area contributed by atoms with Gasteiger partial charge in [-0.15, -0.1) is 0 Å². The number of ether oxygens (including phenoxy) is 3. The van der Waals surface area contributed by atoms with Crippen LogP contribution >= 0.6 is 0 Å². The number of amides is 2. The van der Waals surface area contributed by atoms with Gasteiger partial charge < -0.3 is 24.4 Å². The molecule has 0 spiro atoms. The van der Waals surface area contributed by atoms with E-state index in [4.69, 9.17) is 9.47 Å². The third-order valence-corrected chi connectivity index (χ3v) is 3.86. The number of benzene rings is 1. The van der Waals surface area contributed by atoms with Crippen LogP contribution in [0.1, 0.15) is 19.8 Å². The lowest BCUT2D eigenvalue weighted by molar-refractivity contribution is -0.134. The molecular formula is C17H24N2O5. The number of para-hydroxylation sites is 2. The SMILES string of the molecule is CCOc1ccccc1OCC(=O)N1CCC(NC(=O)OC)CC1. The van der Waals surface area contributed by atoms with E-state index in [1.54, 1.807) is 11.0 Å². The molecule has 2 amide bonds. The maximum absolute atomic E-state index is 12.3. The van der Waals surface area contributed by atoms with E-state index in [-0.39, 0.29) is 18.6 Å². The molecular weight excluding hydrogens is 312 g/mol. The first-order valence-electron chi connectivity index (χ1n) is 8.11. The third kappa shape index (κ3) is 5.04. The number of carbonyl (C=O) groups excluding carboxylic acids is 2. The zero-order chi connectivity index (χ0) is 17.4. The Labute approximate surface area is 141 Å². The van der Waals surface area contributed by atoms with Crippen LogP contribution in [-0.4, -0.2) is 56.4 Å². The van der Waals surface area contributed by atoms with Crippen LogP contribution in [0, 0.1) is 0 Å². The van der Waals surface area contributed by atoms with Gasteiger partial charge in [0.15, 0.2) is 18.1 Å². The molecule has 0 aliphatic carbocycles. The summed E-state index contributed by atoms with van der Waals surface area (Å²) in [5.41, 5.74) is 0. The van der Waals surface area contributed by atoms with Gasteiger partial charge in [-0.05, 0) is 31.9 Å². The zero-order valence-electron chi connectivity index (χ0n) is 14.1. The molecule has 7 nitrogen and oxygen atoms in total. The standard InChI is InChI=1S/C17H24N2O5/c1-3-23-14-6-4-5-7-15(14)24-12-16(20)19-10-8-13(9-11-19)18-17(21)22-2/h4-7,13H,3,8-12H2,1-2H3,(H,18,21). The van der Waals surface area contributed by atoms with Crippen LogP contribution < -0.4 is 14.8 Å². The summed E-state index contributed by atoms with van der Waals surface area (Å²) in [5, 5.41) is 2.76. The molecule has 1 fully saturated rings. The number of hydrogen-bond acceptors (Lipinski definition) is 5. The van der Waals surface area contributed by atoms with E-state index >= 15 is 0 Å². The third-order valence-electron chi connectivity index (χ3n) is 3.86. The molecule has 1 heterocycles. The highest BCUT2D eigenvalue weighted by atomic mass is 16.5. The van der Waals surface area contributed by atoms with Crippen molar-refractivity contribution < 1.29 is 23.8 Å². The van der Waals surface area contributed by atoms with Crippen molar-refractivity contribution in [2.24, 2.45) is 0 Å². The molecule has 0 bridgehead atoms. The molecule has 1 aromatic rings. The molecule has 132 valence electrons. The number of rotatable bonds is 6. The second-order valence-corrected chi connectivity index (χ2v) is 5.46. The number of hydrogen-bond donors (Lipinski definition) is 1. The van der Waals surface area contributed by atoms with Crippen molar-refractivity contribution >= 4 is 12.0 Å². The van der Waals surface area contributed by atoms with Crippen LogP contribution in [0.4, 0.5) is 4.79 Å². The van der Waals surface area contributed by atoms with Crippen molar-refractivity contribution in [3.05, 3.63) is 24.3 Å². The minimum Gasteiger partial charge on any atom is -0.490 e. The second kappa shape index (κ2) is 9.00. The van der Waals surface area contributed by atoms with Crippen LogP contribution in [0.2, 0.25) is 0 Å². The molecule has 1 aliphatic heterocycles. The van der Waals surface area contributed by atoms with E-state index in [1.165, 1.54) is 7.11 Å². The first-order valence-corrected chi connectivity index (χ1v) is 8.11. The number of likely N-dealkylation sites (tertiary alicyclic amines) is 1. The monoisotopic (exact) mass is 336 g/mol. The molecule has 2 rings (SSSR count). The summed E-state index contributed by atoms with van der Waals surface area (Å²) in [4.78, 5) is 25.2. The van der Waals surface area contributed by atoms with Gasteiger partial charge in [0.1, 0.15) is 0 Å². The maximum Gasteiger partial charge on any atom is 0.407 e. The highest BCUT2D eigenvalue weighted by molar-refractivity contribution is 5.78. The van der Waals surface area contributed by atoms with Gasteiger partial charge in [0.2, 0.25) is 0 Å². The molecule has 24 heavy (non-hydrogen) atoms. The fourth-order valence-electron chi connectivity index (χ4n) is 2.57. The number of nitrogens with one attached hydrogen (secondary N) is 1. The minimum atomic E-state index is -0.435. The average molecular weight is 336 g/mol. The highest BCUT2D eigenvalue weighted by Gasteiger charge is 2.24. The molecule has 1 saturated heterocycles. The molecule has 1 N–H and O–H groups in total. The van der Waals surface area contributed by atoms with E-state index in [2.05, 4.69) is 10.1 Å².